The predicted octanol–water partition coefficient (Wildman–Crippen LogP) is 1.42. The highest BCUT2D eigenvalue weighted by atomic mass is 32.2. The lowest BCUT2D eigenvalue weighted by Gasteiger charge is -2.26. The average Bonchev–Trinajstić information content (AvgIpc) is 3.01. The van der Waals surface area contributed by atoms with Gasteiger partial charge in [0.25, 0.3) is 5.91 Å². The lowest BCUT2D eigenvalue weighted by molar-refractivity contribution is 0.0950. The molecule has 7 nitrogen and oxygen atoms in total. The van der Waals surface area contributed by atoms with Gasteiger partial charge in [-0.15, -0.1) is 0 Å². The van der Waals surface area contributed by atoms with Crippen LogP contribution in [0.25, 0.3) is 0 Å². The van der Waals surface area contributed by atoms with Crippen LogP contribution in [0.3, 0.4) is 0 Å². The summed E-state index contributed by atoms with van der Waals surface area (Å²) in [6, 6.07) is 9.53. The van der Waals surface area contributed by atoms with Crippen molar-refractivity contribution in [3.8, 4) is 0 Å². The average molecular weight is 374 g/mol. The summed E-state index contributed by atoms with van der Waals surface area (Å²) in [5.41, 5.74) is 1.39. The normalized spacial score (nSPS) is 18.4. The molecule has 1 aliphatic rings. The Bertz CT molecular complexity index is 854. The number of benzene rings is 1. The van der Waals surface area contributed by atoms with Crippen molar-refractivity contribution in [3.05, 3.63) is 53.9 Å². The van der Waals surface area contributed by atoms with Gasteiger partial charge in [-0.1, -0.05) is 30.3 Å². The number of hydrogen-bond acceptors (Lipinski definition) is 6. The Kier molecular flexibility index (Phi) is 5.51. The largest absolute Gasteiger partial charge is 0.348 e. The number of carbonyl (C=O) groups excluding carboxylic acids is 1. The van der Waals surface area contributed by atoms with Crippen LogP contribution in [0, 0.1) is 0 Å². The Hall–Kier alpha value is -2.48. The monoisotopic (exact) mass is 374 g/mol. The summed E-state index contributed by atoms with van der Waals surface area (Å²) in [5, 5.41) is 2.83. The SMILES string of the molecule is CCN(c1ncc(C(=O)NCc2ccccc2)cn1)C1CCS(=O)(=O)C1. The molecule has 8 heteroatoms. The number of aromatic nitrogens is 2. The molecule has 2 heterocycles. The highest BCUT2D eigenvalue weighted by Gasteiger charge is 2.32. The minimum Gasteiger partial charge on any atom is -0.348 e. The number of nitrogens with zero attached hydrogens (tertiary/aromatic N) is 3. The van der Waals surface area contributed by atoms with Gasteiger partial charge in [-0.05, 0) is 18.9 Å². The van der Waals surface area contributed by atoms with Crippen molar-refractivity contribution >= 4 is 21.7 Å². The Morgan fingerprint density at radius 1 is 1.23 bits per heavy atom. The molecule has 1 unspecified atom stereocenters. The minimum atomic E-state index is -2.98. The zero-order chi connectivity index (χ0) is 18.6. The van der Waals surface area contributed by atoms with Gasteiger partial charge in [0.1, 0.15) is 0 Å². The molecule has 1 aromatic heterocycles. The molecule has 1 N–H and O–H groups in total. The molecule has 1 aliphatic heterocycles. The molecule has 1 saturated heterocycles. The molecule has 1 atom stereocenters. The van der Waals surface area contributed by atoms with Crippen LogP contribution < -0.4 is 10.2 Å². The number of anilines is 1. The van der Waals surface area contributed by atoms with Gasteiger partial charge in [0.2, 0.25) is 5.95 Å². The molecular weight excluding hydrogens is 352 g/mol. The van der Waals surface area contributed by atoms with E-state index in [0.717, 1.165) is 5.56 Å². The summed E-state index contributed by atoms with van der Waals surface area (Å²) >= 11 is 0. The molecule has 0 spiro atoms. The molecule has 0 radical (unpaired) electrons. The first-order chi connectivity index (χ1) is 12.5. The van der Waals surface area contributed by atoms with Gasteiger partial charge in [0.05, 0.1) is 17.1 Å². The van der Waals surface area contributed by atoms with Gasteiger partial charge >= 0.3 is 0 Å². The van der Waals surface area contributed by atoms with Crippen molar-refractivity contribution in [2.24, 2.45) is 0 Å². The van der Waals surface area contributed by atoms with Crippen molar-refractivity contribution in [2.75, 3.05) is 23.0 Å². The maximum Gasteiger partial charge on any atom is 0.254 e. The lowest BCUT2D eigenvalue weighted by atomic mass is 10.2. The van der Waals surface area contributed by atoms with Crippen LogP contribution in [0.15, 0.2) is 42.7 Å². The second kappa shape index (κ2) is 7.82. The molecule has 138 valence electrons. The molecule has 1 aromatic carbocycles. The van der Waals surface area contributed by atoms with Gasteiger partial charge < -0.3 is 10.2 Å². The minimum absolute atomic E-state index is 0.109. The van der Waals surface area contributed by atoms with E-state index in [9.17, 15) is 13.2 Å². The van der Waals surface area contributed by atoms with E-state index in [-0.39, 0.29) is 23.5 Å². The predicted molar refractivity (Wildman–Crippen MR) is 99.7 cm³/mol. The first-order valence-corrected chi connectivity index (χ1v) is 10.4. The van der Waals surface area contributed by atoms with Crippen LogP contribution in [-0.2, 0) is 16.4 Å². The van der Waals surface area contributed by atoms with E-state index in [1.54, 1.807) is 0 Å². The maximum atomic E-state index is 12.2. The quantitative estimate of drug-likeness (QED) is 0.822. The molecule has 1 fully saturated rings. The molecular formula is C18H22N4O3S. The van der Waals surface area contributed by atoms with Crippen molar-refractivity contribution in [2.45, 2.75) is 25.9 Å². The summed E-state index contributed by atoms with van der Waals surface area (Å²) in [4.78, 5) is 22.7. The van der Waals surface area contributed by atoms with Crippen molar-refractivity contribution in [1.82, 2.24) is 15.3 Å². The molecule has 26 heavy (non-hydrogen) atoms. The van der Waals surface area contributed by atoms with Crippen molar-refractivity contribution < 1.29 is 13.2 Å². The Balaban J connectivity index is 1.64. The lowest BCUT2D eigenvalue weighted by Crippen LogP contribution is -2.37. The number of nitrogens with one attached hydrogen (secondary N) is 1. The number of rotatable bonds is 6. The third kappa shape index (κ3) is 4.37. The first kappa shape index (κ1) is 18.3. The van der Waals surface area contributed by atoms with Gasteiger partial charge in [-0.2, -0.15) is 0 Å². The van der Waals surface area contributed by atoms with Crippen LogP contribution in [0.2, 0.25) is 0 Å². The fourth-order valence-corrected chi connectivity index (χ4v) is 4.78. The van der Waals surface area contributed by atoms with Gasteiger partial charge in [-0.25, -0.2) is 18.4 Å². The highest BCUT2D eigenvalue weighted by molar-refractivity contribution is 7.91. The van der Waals surface area contributed by atoms with Crippen LogP contribution in [0.5, 0.6) is 0 Å². The molecule has 0 saturated carbocycles. The number of carbonyl (C=O) groups is 1. The maximum absolute atomic E-state index is 12.2. The molecule has 0 bridgehead atoms. The fourth-order valence-electron chi connectivity index (χ4n) is 3.05. The fraction of sp³-hybridized carbons (Fsp3) is 0.389. The Morgan fingerprint density at radius 2 is 1.92 bits per heavy atom. The topological polar surface area (TPSA) is 92.3 Å². The number of hydrogen-bond donors (Lipinski definition) is 1. The second-order valence-corrected chi connectivity index (χ2v) is 8.51. The van der Waals surface area contributed by atoms with E-state index in [1.807, 2.05) is 42.2 Å². The molecule has 1 amide bonds. The summed E-state index contributed by atoms with van der Waals surface area (Å²) < 4.78 is 23.4. The van der Waals surface area contributed by atoms with Gasteiger partial charge in [0.15, 0.2) is 9.84 Å². The first-order valence-electron chi connectivity index (χ1n) is 8.60. The van der Waals surface area contributed by atoms with Gasteiger partial charge in [-0.3, -0.25) is 4.79 Å². The van der Waals surface area contributed by atoms with E-state index in [2.05, 4.69) is 15.3 Å². The van der Waals surface area contributed by atoms with E-state index in [0.29, 0.717) is 31.0 Å². The van der Waals surface area contributed by atoms with Crippen molar-refractivity contribution in [3.63, 3.8) is 0 Å². The van der Waals surface area contributed by atoms with Crippen LogP contribution in [0.4, 0.5) is 5.95 Å². The second-order valence-electron chi connectivity index (χ2n) is 6.28. The van der Waals surface area contributed by atoms with Crippen molar-refractivity contribution in [1.29, 1.82) is 0 Å². The molecule has 2 aromatic rings. The summed E-state index contributed by atoms with van der Waals surface area (Å²) in [6.45, 7) is 2.98. The molecule has 3 rings (SSSR count). The van der Waals surface area contributed by atoms with E-state index < -0.39 is 9.84 Å². The zero-order valence-corrected chi connectivity index (χ0v) is 15.4. The van der Waals surface area contributed by atoms with Gasteiger partial charge in [0, 0.05) is 31.5 Å². The van der Waals surface area contributed by atoms with Crippen LogP contribution in [-0.4, -0.2) is 48.4 Å². The van der Waals surface area contributed by atoms with E-state index >= 15 is 0 Å². The summed E-state index contributed by atoms with van der Waals surface area (Å²) in [7, 11) is -2.98. The summed E-state index contributed by atoms with van der Waals surface area (Å²) in [6.07, 6.45) is 3.54. The highest BCUT2D eigenvalue weighted by Crippen LogP contribution is 2.21. The van der Waals surface area contributed by atoms with Crippen LogP contribution >= 0.6 is 0 Å². The molecule has 0 aliphatic carbocycles. The summed E-state index contributed by atoms with van der Waals surface area (Å²) in [5.74, 6) is 0.540. The van der Waals surface area contributed by atoms with Crippen LogP contribution in [0.1, 0.15) is 29.3 Å². The smallest absolute Gasteiger partial charge is 0.254 e. The van der Waals surface area contributed by atoms with E-state index in [1.165, 1.54) is 12.4 Å². The number of sulfone groups is 1. The zero-order valence-electron chi connectivity index (χ0n) is 14.6. The Morgan fingerprint density at radius 3 is 2.50 bits per heavy atom. The third-order valence-electron chi connectivity index (χ3n) is 4.44. The standard InChI is InChI=1S/C18H22N4O3S/c1-2-22(16-8-9-26(24,25)13-16)18-20-11-15(12-21-18)17(23)19-10-14-6-4-3-5-7-14/h3-7,11-12,16H,2,8-10,13H2,1H3,(H,19,23). The third-order valence-corrected chi connectivity index (χ3v) is 6.19. The Labute approximate surface area is 153 Å². The number of amides is 1. The van der Waals surface area contributed by atoms with E-state index in [4.69, 9.17) is 0 Å².